The van der Waals surface area contributed by atoms with Crippen molar-refractivity contribution >= 4 is 5.69 Å². The Morgan fingerprint density at radius 2 is 1.67 bits per heavy atom. The first-order chi connectivity index (χ1) is 11.6. The summed E-state index contributed by atoms with van der Waals surface area (Å²) in [6.45, 7) is 1.89. The molecule has 0 fully saturated rings. The third-order valence-corrected chi connectivity index (χ3v) is 3.46. The summed E-state index contributed by atoms with van der Waals surface area (Å²) in [6.07, 6.45) is -0.902. The van der Waals surface area contributed by atoms with Crippen molar-refractivity contribution in [3.63, 3.8) is 0 Å². The van der Waals surface area contributed by atoms with Crippen LogP contribution < -0.4 is 5.32 Å². The molecule has 116 valence electrons. The first-order valence-corrected chi connectivity index (χ1v) is 7.16. The van der Waals surface area contributed by atoms with Gasteiger partial charge in [0.2, 0.25) is 0 Å². The summed E-state index contributed by atoms with van der Waals surface area (Å²) in [4.78, 5) is 0. The minimum Gasteiger partial charge on any atom is -0.384 e. The molecule has 0 saturated carbocycles. The van der Waals surface area contributed by atoms with Crippen LogP contribution in [0.5, 0.6) is 0 Å². The Hall–Kier alpha value is -3.59. The van der Waals surface area contributed by atoms with E-state index in [1.54, 1.807) is 36.4 Å². The average Bonchev–Trinajstić information content (AvgIpc) is 2.63. The van der Waals surface area contributed by atoms with Crippen molar-refractivity contribution in [1.82, 2.24) is 0 Å². The van der Waals surface area contributed by atoms with E-state index < -0.39 is 6.10 Å². The maximum Gasteiger partial charge on any atom is 0.163 e. The van der Waals surface area contributed by atoms with Gasteiger partial charge in [-0.15, -0.1) is 0 Å². The molecule has 0 aromatic heterocycles. The molecule has 1 atom stereocenters. The number of anilines is 1. The van der Waals surface area contributed by atoms with Gasteiger partial charge in [-0.05, 0) is 18.6 Å². The molecule has 0 aliphatic heterocycles. The smallest absolute Gasteiger partial charge is 0.163 e. The van der Waals surface area contributed by atoms with Gasteiger partial charge in [-0.1, -0.05) is 48.0 Å². The number of rotatable bonds is 4. The SMILES string of the molecule is Cc1ccc(NC(C#N)=C(C#N)C#N)c(C(O)c2ccccc2)c1. The predicted octanol–water partition coefficient (Wildman–Crippen LogP) is 3.31. The third kappa shape index (κ3) is 3.59. The topological polar surface area (TPSA) is 104 Å². The number of benzene rings is 2. The standard InChI is InChI=1S/C19H14N4O/c1-13-7-8-17(23-18(12-22)15(10-20)11-21)16(9-13)19(24)14-5-3-2-4-6-14/h2-9,19,23-24H,1H3. The first-order valence-electron chi connectivity index (χ1n) is 7.16. The number of allylic oxidation sites excluding steroid dienone is 2. The lowest BCUT2D eigenvalue weighted by molar-refractivity contribution is 0.221. The Bertz CT molecular complexity index is 880. The lowest BCUT2D eigenvalue weighted by Crippen LogP contribution is -2.08. The number of aliphatic hydroxyl groups excluding tert-OH is 1. The number of aryl methyl sites for hydroxylation is 1. The maximum atomic E-state index is 10.7. The molecule has 5 nitrogen and oxygen atoms in total. The van der Waals surface area contributed by atoms with E-state index >= 15 is 0 Å². The molecule has 1 unspecified atom stereocenters. The van der Waals surface area contributed by atoms with Gasteiger partial charge < -0.3 is 10.4 Å². The van der Waals surface area contributed by atoms with Gasteiger partial charge in [0.15, 0.2) is 5.57 Å². The Morgan fingerprint density at radius 3 is 2.25 bits per heavy atom. The largest absolute Gasteiger partial charge is 0.384 e. The second-order valence-corrected chi connectivity index (χ2v) is 5.11. The fraction of sp³-hybridized carbons (Fsp3) is 0.105. The zero-order chi connectivity index (χ0) is 17.5. The van der Waals surface area contributed by atoms with Crippen LogP contribution in [0.1, 0.15) is 22.8 Å². The van der Waals surface area contributed by atoms with E-state index in [1.807, 2.05) is 37.3 Å². The van der Waals surface area contributed by atoms with Crippen molar-refractivity contribution in [2.24, 2.45) is 0 Å². The summed E-state index contributed by atoms with van der Waals surface area (Å²) < 4.78 is 0. The summed E-state index contributed by atoms with van der Waals surface area (Å²) in [5, 5.41) is 40.5. The van der Waals surface area contributed by atoms with Crippen LogP contribution in [-0.4, -0.2) is 5.11 Å². The number of hydrogen-bond acceptors (Lipinski definition) is 5. The molecule has 0 bridgehead atoms. The predicted molar refractivity (Wildman–Crippen MR) is 89.2 cm³/mol. The van der Waals surface area contributed by atoms with Gasteiger partial charge in [0, 0.05) is 11.3 Å². The van der Waals surface area contributed by atoms with Crippen LogP contribution in [0.4, 0.5) is 5.69 Å². The van der Waals surface area contributed by atoms with Crippen molar-refractivity contribution in [1.29, 1.82) is 15.8 Å². The summed E-state index contributed by atoms with van der Waals surface area (Å²) in [7, 11) is 0. The van der Waals surface area contributed by atoms with Crippen LogP contribution in [0.25, 0.3) is 0 Å². The van der Waals surface area contributed by atoms with Gasteiger partial charge in [-0.25, -0.2) is 0 Å². The highest BCUT2D eigenvalue weighted by Crippen LogP contribution is 2.30. The normalized spacial score (nSPS) is 10.6. The number of aliphatic hydroxyl groups is 1. The lowest BCUT2D eigenvalue weighted by Gasteiger charge is -2.17. The molecule has 2 aromatic carbocycles. The Morgan fingerprint density at radius 1 is 1.00 bits per heavy atom. The van der Waals surface area contributed by atoms with E-state index in [2.05, 4.69) is 5.32 Å². The molecule has 0 heterocycles. The molecule has 24 heavy (non-hydrogen) atoms. The molecule has 0 saturated heterocycles. The molecular formula is C19H14N4O. The molecule has 0 spiro atoms. The molecular weight excluding hydrogens is 300 g/mol. The number of nitrogens with zero attached hydrogens (tertiary/aromatic N) is 3. The highest BCUT2D eigenvalue weighted by molar-refractivity contribution is 5.63. The Balaban J connectivity index is 2.50. The van der Waals surface area contributed by atoms with E-state index in [0.29, 0.717) is 16.8 Å². The number of hydrogen-bond donors (Lipinski definition) is 2. The van der Waals surface area contributed by atoms with Gasteiger partial charge in [0.25, 0.3) is 0 Å². The molecule has 0 radical (unpaired) electrons. The minimum absolute atomic E-state index is 0.148. The maximum absolute atomic E-state index is 10.7. The molecule has 5 heteroatoms. The quantitative estimate of drug-likeness (QED) is 0.842. The van der Waals surface area contributed by atoms with Crippen molar-refractivity contribution in [2.45, 2.75) is 13.0 Å². The monoisotopic (exact) mass is 314 g/mol. The second kappa shape index (κ2) is 7.61. The molecule has 0 aliphatic carbocycles. The molecule has 0 aliphatic rings. The van der Waals surface area contributed by atoms with Crippen molar-refractivity contribution in [3.05, 3.63) is 76.5 Å². The van der Waals surface area contributed by atoms with E-state index in [9.17, 15) is 10.4 Å². The van der Waals surface area contributed by atoms with E-state index in [-0.39, 0.29) is 11.3 Å². The van der Waals surface area contributed by atoms with Crippen molar-refractivity contribution in [2.75, 3.05) is 5.32 Å². The number of nitrogens with one attached hydrogen (secondary N) is 1. The van der Waals surface area contributed by atoms with Crippen LogP contribution >= 0.6 is 0 Å². The van der Waals surface area contributed by atoms with Crippen LogP contribution in [0.15, 0.2) is 59.8 Å². The van der Waals surface area contributed by atoms with Gasteiger partial charge in [-0.2, -0.15) is 15.8 Å². The molecule has 2 rings (SSSR count). The fourth-order valence-corrected chi connectivity index (χ4v) is 2.25. The summed E-state index contributed by atoms with van der Waals surface area (Å²) in [5.41, 5.74) is 2.22. The fourth-order valence-electron chi connectivity index (χ4n) is 2.25. The zero-order valence-electron chi connectivity index (χ0n) is 13.0. The van der Waals surface area contributed by atoms with Crippen LogP contribution in [0.3, 0.4) is 0 Å². The summed E-state index contributed by atoms with van der Waals surface area (Å²) in [6, 6.07) is 19.6. The molecule has 2 N–H and O–H groups in total. The summed E-state index contributed by atoms with van der Waals surface area (Å²) in [5.74, 6) is 0. The lowest BCUT2D eigenvalue weighted by atomic mass is 9.98. The van der Waals surface area contributed by atoms with Crippen LogP contribution in [-0.2, 0) is 0 Å². The van der Waals surface area contributed by atoms with Gasteiger partial charge in [0.1, 0.15) is 30.0 Å². The molecule has 0 amide bonds. The Kier molecular flexibility index (Phi) is 5.32. The third-order valence-electron chi connectivity index (χ3n) is 3.46. The van der Waals surface area contributed by atoms with Crippen LogP contribution in [0, 0.1) is 40.9 Å². The highest BCUT2D eigenvalue weighted by Gasteiger charge is 2.16. The molecule has 2 aromatic rings. The highest BCUT2D eigenvalue weighted by atomic mass is 16.3. The number of nitriles is 3. The van der Waals surface area contributed by atoms with Crippen molar-refractivity contribution < 1.29 is 5.11 Å². The van der Waals surface area contributed by atoms with Gasteiger partial charge >= 0.3 is 0 Å². The van der Waals surface area contributed by atoms with E-state index in [1.165, 1.54) is 0 Å². The Labute approximate surface area is 140 Å². The zero-order valence-corrected chi connectivity index (χ0v) is 13.0. The van der Waals surface area contributed by atoms with Crippen LogP contribution in [0.2, 0.25) is 0 Å². The van der Waals surface area contributed by atoms with Crippen molar-refractivity contribution in [3.8, 4) is 18.2 Å². The van der Waals surface area contributed by atoms with E-state index in [4.69, 9.17) is 10.5 Å². The second-order valence-electron chi connectivity index (χ2n) is 5.11. The van der Waals surface area contributed by atoms with E-state index in [0.717, 1.165) is 5.56 Å². The minimum atomic E-state index is -0.902. The first kappa shape index (κ1) is 16.8. The average molecular weight is 314 g/mol. The van der Waals surface area contributed by atoms with Gasteiger partial charge in [0.05, 0.1) is 0 Å². The summed E-state index contributed by atoms with van der Waals surface area (Å²) >= 11 is 0. The van der Waals surface area contributed by atoms with Gasteiger partial charge in [-0.3, -0.25) is 0 Å².